The lowest BCUT2D eigenvalue weighted by atomic mass is 9.77. The van der Waals surface area contributed by atoms with E-state index < -0.39 is 82.5 Å². The van der Waals surface area contributed by atoms with Crippen LogP contribution in [0.5, 0.6) is 11.5 Å². The topological polar surface area (TPSA) is 178 Å². The van der Waals surface area contributed by atoms with Gasteiger partial charge in [0.1, 0.15) is 40.5 Å². The number of epoxide rings is 1. The molecule has 0 saturated carbocycles. The van der Waals surface area contributed by atoms with E-state index in [4.69, 9.17) is 28.1 Å². The van der Waals surface area contributed by atoms with Crippen molar-refractivity contribution in [2.24, 2.45) is 0 Å². The van der Waals surface area contributed by atoms with Crippen LogP contribution in [0.2, 0.25) is 0 Å². The molecule has 7 rings (SSSR count). The van der Waals surface area contributed by atoms with Gasteiger partial charge in [-0.1, -0.05) is 6.07 Å². The van der Waals surface area contributed by atoms with Crippen molar-refractivity contribution in [3.63, 3.8) is 0 Å². The number of ketones is 2. The third-order valence-electron chi connectivity index (χ3n) is 11.4. The predicted molar refractivity (Wildman–Crippen MR) is 178 cm³/mol. The van der Waals surface area contributed by atoms with Gasteiger partial charge >= 0.3 is 0 Å². The first-order chi connectivity index (χ1) is 23.5. The Balaban J connectivity index is 1.26. The fourth-order valence-corrected chi connectivity index (χ4v) is 7.86. The number of carbonyl (C=O) groups excluding carboxylic acids is 2. The summed E-state index contributed by atoms with van der Waals surface area (Å²) in [6.45, 7) is 9.18. The number of phenolic OH excluding ortho intramolecular Hbond substituents is 2. The number of hydrogen-bond donors (Lipinski definition) is 3. The number of ether oxygens (including phenoxy) is 5. The highest BCUT2D eigenvalue weighted by Crippen LogP contribution is 2.49. The van der Waals surface area contributed by atoms with E-state index in [9.17, 15) is 29.7 Å². The van der Waals surface area contributed by atoms with Gasteiger partial charge in [-0.15, -0.1) is 0 Å². The molecule has 50 heavy (non-hydrogen) atoms. The third-order valence-corrected chi connectivity index (χ3v) is 11.4. The van der Waals surface area contributed by atoms with Crippen LogP contribution in [0.3, 0.4) is 0 Å². The SMILES string of the molecule is COC1CC(OC2C(C)OC(c3ccc4c(c3O)C(=O)c3c(cc(O)c5c(=O)cc(C6(C)OC6C)oc35)C4=O)CC2(C)N(C)C)OC(C)C1O. The molecule has 3 aromatic rings. The number of benzene rings is 2. The molecular formula is C37H43NO12. The molecule has 4 heterocycles. The molecule has 1 aromatic heterocycles. The van der Waals surface area contributed by atoms with Crippen LogP contribution in [0.15, 0.2) is 33.5 Å². The zero-order valence-corrected chi connectivity index (χ0v) is 29.3. The zero-order valence-electron chi connectivity index (χ0n) is 29.3. The Hall–Kier alpha value is -3.69. The van der Waals surface area contributed by atoms with Gasteiger partial charge in [-0.3, -0.25) is 14.4 Å². The summed E-state index contributed by atoms with van der Waals surface area (Å²) in [4.78, 5) is 43.5. The van der Waals surface area contributed by atoms with Gasteiger partial charge in [0.25, 0.3) is 0 Å². The van der Waals surface area contributed by atoms with Crippen molar-refractivity contribution in [2.75, 3.05) is 21.2 Å². The van der Waals surface area contributed by atoms with E-state index >= 15 is 0 Å². The molecule has 10 unspecified atom stereocenters. The highest BCUT2D eigenvalue weighted by atomic mass is 16.7. The monoisotopic (exact) mass is 693 g/mol. The molecule has 268 valence electrons. The van der Waals surface area contributed by atoms with Crippen LogP contribution in [-0.4, -0.2) is 101 Å². The van der Waals surface area contributed by atoms with Gasteiger partial charge < -0.3 is 48.3 Å². The number of rotatable bonds is 6. The van der Waals surface area contributed by atoms with E-state index in [0.29, 0.717) is 18.4 Å². The normalized spacial score (nSPS) is 35.3. The number of hydrogen-bond acceptors (Lipinski definition) is 13. The minimum atomic E-state index is -0.912. The Morgan fingerprint density at radius 1 is 0.940 bits per heavy atom. The summed E-state index contributed by atoms with van der Waals surface area (Å²) in [5.74, 6) is -2.10. The largest absolute Gasteiger partial charge is 0.507 e. The molecular weight excluding hydrogens is 650 g/mol. The molecule has 3 saturated heterocycles. The number of aliphatic hydroxyl groups excluding tert-OH is 1. The second-order valence-corrected chi connectivity index (χ2v) is 14.6. The lowest BCUT2D eigenvalue weighted by Gasteiger charge is -2.52. The first-order valence-corrected chi connectivity index (χ1v) is 16.8. The van der Waals surface area contributed by atoms with Gasteiger partial charge in [0.15, 0.2) is 23.1 Å². The number of carbonyl (C=O) groups is 2. The van der Waals surface area contributed by atoms with Crippen LogP contribution in [-0.2, 0) is 29.3 Å². The Bertz CT molecular complexity index is 1970. The van der Waals surface area contributed by atoms with Crippen LogP contribution in [0.1, 0.15) is 96.7 Å². The summed E-state index contributed by atoms with van der Waals surface area (Å²) in [5.41, 5.74) is -2.77. The Labute approximate surface area is 288 Å². The summed E-state index contributed by atoms with van der Waals surface area (Å²) in [6, 6.07) is 5.36. The van der Waals surface area contributed by atoms with Crippen molar-refractivity contribution in [3.8, 4) is 11.5 Å². The van der Waals surface area contributed by atoms with Crippen molar-refractivity contribution in [3.05, 3.63) is 68.1 Å². The van der Waals surface area contributed by atoms with Crippen molar-refractivity contribution in [2.45, 2.75) is 108 Å². The molecule has 2 aromatic carbocycles. The fraction of sp³-hybridized carbons (Fsp3) is 0.541. The molecule has 3 fully saturated rings. The second kappa shape index (κ2) is 11.9. The van der Waals surface area contributed by atoms with E-state index in [1.165, 1.54) is 19.2 Å². The van der Waals surface area contributed by atoms with E-state index in [0.717, 1.165) is 6.07 Å². The first-order valence-electron chi connectivity index (χ1n) is 16.8. The maximum atomic E-state index is 14.4. The summed E-state index contributed by atoms with van der Waals surface area (Å²) in [6.07, 6.45) is -3.81. The van der Waals surface area contributed by atoms with E-state index in [2.05, 4.69) is 0 Å². The summed E-state index contributed by atoms with van der Waals surface area (Å²) in [5, 5.41) is 32.9. The lowest BCUT2D eigenvalue weighted by molar-refractivity contribution is -0.300. The van der Waals surface area contributed by atoms with Crippen molar-refractivity contribution < 1.29 is 53.0 Å². The van der Waals surface area contributed by atoms with E-state index in [-0.39, 0.29) is 45.1 Å². The van der Waals surface area contributed by atoms with E-state index in [1.807, 2.05) is 39.8 Å². The van der Waals surface area contributed by atoms with Gasteiger partial charge in [0.05, 0.1) is 41.6 Å². The molecule has 13 nitrogen and oxygen atoms in total. The molecule has 10 atom stereocenters. The molecule has 0 amide bonds. The van der Waals surface area contributed by atoms with Gasteiger partial charge in [-0.05, 0) is 67.3 Å². The molecule has 0 spiro atoms. The zero-order chi connectivity index (χ0) is 36.2. The van der Waals surface area contributed by atoms with Gasteiger partial charge in [-0.25, -0.2) is 0 Å². The van der Waals surface area contributed by atoms with Crippen molar-refractivity contribution in [1.82, 2.24) is 4.90 Å². The molecule has 0 bridgehead atoms. The number of fused-ring (bicyclic) bond motifs is 4. The number of phenols is 2. The number of nitrogens with zero attached hydrogens (tertiary/aromatic N) is 1. The summed E-state index contributed by atoms with van der Waals surface area (Å²) < 4.78 is 36.3. The van der Waals surface area contributed by atoms with Gasteiger partial charge in [0, 0.05) is 41.8 Å². The maximum Gasteiger partial charge on any atom is 0.202 e. The maximum absolute atomic E-state index is 14.4. The van der Waals surface area contributed by atoms with Crippen LogP contribution < -0.4 is 5.43 Å². The Kier molecular flexibility index (Phi) is 8.30. The van der Waals surface area contributed by atoms with E-state index in [1.54, 1.807) is 19.9 Å². The van der Waals surface area contributed by atoms with Crippen molar-refractivity contribution >= 4 is 22.5 Å². The predicted octanol–water partition coefficient (Wildman–Crippen LogP) is 3.68. The summed E-state index contributed by atoms with van der Waals surface area (Å²) >= 11 is 0. The van der Waals surface area contributed by atoms with Crippen LogP contribution >= 0.6 is 0 Å². The smallest absolute Gasteiger partial charge is 0.202 e. The third kappa shape index (κ3) is 5.13. The minimum Gasteiger partial charge on any atom is -0.507 e. The molecule has 3 aliphatic heterocycles. The number of likely N-dealkylation sites (N-methyl/N-ethyl adjacent to an activating group) is 1. The molecule has 4 aliphatic rings. The van der Waals surface area contributed by atoms with Gasteiger partial charge in [-0.2, -0.15) is 0 Å². The lowest BCUT2D eigenvalue weighted by Crippen LogP contribution is -2.62. The number of aromatic hydroxyl groups is 2. The second-order valence-electron chi connectivity index (χ2n) is 14.6. The van der Waals surface area contributed by atoms with Crippen LogP contribution in [0, 0.1) is 0 Å². The average Bonchev–Trinajstić information content (AvgIpc) is 3.68. The Morgan fingerprint density at radius 3 is 2.28 bits per heavy atom. The number of aliphatic hydroxyl groups is 1. The molecule has 0 radical (unpaired) electrons. The highest BCUT2D eigenvalue weighted by molar-refractivity contribution is 6.32. The summed E-state index contributed by atoms with van der Waals surface area (Å²) in [7, 11) is 5.37. The highest BCUT2D eigenvalue weighted by Gasteiger charge is 2.54. The number of methoxy groups -OCH3 is 1. The first kappa shape index (κ1) is 34.7. The standard InChI is InChI=1S/C37H43NO12/c1-15-30(41)23(45-8)13-26(47-15)49-35-16(2)46-24(14-36(35,4)38(6)7)18-9-10-19-27(32(18)43)33(44)28-20(31(19)42)11-21(39)29-22(40)12-25(48-34(28)29)37(5)17(3)50-37/h9-12,15-17,23-24,26,30,35,39,41,43H,13-14H2,1-8H3. The quantitative estimate of drug-likeness (QED) is 0.250. The van der Waals surface area contributed by atoms with Crippen LogP contribution in [0.4, 0.5) is 0 Å². The fourth-order valence-electron chi connectivity index (χ4n) is 7.86. The van der Waals surface area contributed by atoms with Gasteiger partial charge in [0.2, 0.25) is 5.78 Å². The molecule has 13 heteroatoms. The molecule has 3 N–H and O–H groups in total. The van der Waals surface area contributed by atoms with Crippen LogP contribution in [0.25, 0.3) is 11.0 Å². The molecule has 1 aliphatic carbocycles. The minimum absolute atomic E-state index is 0.0500. The average molecular weight is 694 g/mol. The Morgan fingerprint density at radius 2 is 1.64 bits per heavy atom. The van der Waals surface area contributed by atoms with Crippen molar-refractivity contribution in [1.29, 1.82) is 0 Å².